The van der Waals surface area contributed by atoms with E-state index in [0.717, 1.165) is 29.4 Å². The highest BCUT2D eigenvalue weighted by Gasteiger charge is 2.25. The molecule has 0 unspecified atom stereocenters. The average molecular weight is 458 g/mol. The summed E-state index contributed by atoms with van der Waals surface area (Å²) in [4.78, 5) is 24.6. The van der Waals surface area contributed by atoms with E-state index in [4.69, 9.17) is 16.0 Å². The van der Waals surface area contributed by atoms with E-state index in [9.17, 15) is 9.18 Å². The number of hydrogen-bond donors (Lipinski definition) is 1. The smallest absolute Gasteiger partial charge is 0.293 e. The predicted octanol–water partition coefficient (Wildman–Crippen LogP) is 2.94. The van der Waals surface area contributed by atoms with E-state index in [0.29, 0.717) is 35.9 Å². The summed E-state index contributed by atoms with van der Waals surface area (Å²) in [5.74, 6) is -0.316. The number of nitrogens with two attached hydrogens (primary N) is 1. The zero-order chi connectivity index (χ0) is 24.0. The van der Waals surface area contributed by atoms with Crippen molar-refractivity contribution in [1.29, 1.82) is 5.26 Å². The monoisotopic (exact) mass is 457 g/mol. The number of hydrogen-bond acceptors (Lipinski definition) is 6. The molecule has 1 saturated heterocycles. The zero-order valence-corrected chi connectivity index (χ0v) is 19.0. The van der Waals surface area contributed by atoms with Crippen LogP contribution in [-0.4, -0.2) is 38.2 Å². The molecule has 1 aliphatic heterocycles. The van der Waals surface area contributed by atoms with E-state index in [1.54, 1.807) is 24.0 Å². The number of fused-ring (bicyclic) bond motifs is 1. The van der Waals surface area contributed by atoms with Crippen LogP contribution in [0.3, 0.4) is 0 Å². The SMILES string of the molecule is Cn1c(-c2ccc3c(c2)ncn3C)c(-c2ccc(C#N)c(F)c2)nc(N2CCC(N)CC2)c1=O. The van der Waals surface area contributed by atoms with E-state index >= 15 is 0 Å². The summed E-state index contributed by atoms with van der Waals surface area (Å²) in [7, 11) is 3.61. The Bertz CT molecular complexity index is 1510. The molecular weight excluding hydrogens is 433 g/mol. The molecule has 1 fully saturated rings. The van der Waals surface area contributed by atoms with Crippen molar-refractivity contribution in [3.8, 4) is 28.6 Å². The molecule has 2 N–H and O–H groups in total. The number of nitrogens with zero attached hydrogens (tertiary/aromatic N) is 6. The van der Waals surface area contributed by atoms with Crippen LogP contribution < -0.4 is 16.2 Å². The van der Waals surface area contributed by atoms with Gasteiger partial charge in [0.15, 0.2) is 5.82 Å². The normalized spacial score (nSPS) is 14.5. The highest BCUT2D eigenvalue weighted by Crippen LogP contribution is 2.33. The first kappa shape index (κ1) is 21.8. The summed E-state index contributed by atoms with van der Waals surface area (Å²) in [5, 5.41) is 9.15. The van der Waals surface area contributed by atoms with Crippen LogP contribution in [0.25, 0.3) is 33.5 Å². The van der Waals surface area contributed by atoms with Crippen molar-refractivity contribution in [3.05, 3.63) is 64.5 Å². The topological polar surface area (TPSA) is 106 Å². The van der Waals surface area contributed by atoms with Gasteiger partial charge in [0, 0.05) is 44.4 Å². The number of anilines is 1. The molecule has 0 radical (unpaired) electrons. The summed E-state index contributed by atoms with van der Waals surface area (Å²) in [5.41, 5.74) is 9.74. The maximum atomic E-state index is 14.6. The second-order valence-corrected chi connectivity index (χ2v) is 8.69. The van der Waals surface area contributed by atoms with Crippen LogP contribution in [0.15, 0.2) is 47.5 Å². The lowest BCUT2D eigenvalue weighted by molar-refractivity contribution is 0.496. The lowest BCUT2D eigenvalue weighted by Gasteiger charge is -2.31. The van der Waals surface area contributed by atoms with Crippen LogP contribution in [0, 0.1) is 17.1 Å². The van der Waals surface area contributed by atoms with Gasteiger partial charge in [-0.3, -0.25) is 4.79 Å². The first-order valence-corrected chi connectivity index (χ1v) is 11.1. The molecule has 172 valence electrons. The Balaban J connectivity index is 1.75. The Kier molecular flexibility index (Phi) is 5.38. The van der Waals surface area contributed by atoms with Crippen molar-refractivity contribution in [2.45, 2.75) is 18.9 Å². The fourth-order valence-electron chi connectivity index (χ4n) is 4.50. The van der Waals surface area contributed by atoms with Crippen molar-refractivity contribution >= 4 is 16.9 Å². The van der Waals surface area contributed by atoms with Gasteiger partial charge in [-0.2, -0.15) is 5.26 Å². The van der Waals surface area contributed by atoms with Crippen LogP contribution >= 0.6 is 0 Å². The molecule has 0 saturated carbocycles. The third-order valence-corrected chi connectivity index (χ3v) is 6.47. The summed E-state index contributed by atoms with van der Waals surface area (Å²) < 4.78 is 18.1. The van der Waals surface area contributed by atoms with E-state index in [1.807, 2.05) is 40.8 Å². The molecule has 3 heterocycles. The predicted molar refractivity (Wildman–Crippen MR) is 129 cm³/mol. The minimum atomic E-state index is -0.632. The Labute approximate surface area is 195 Å². The van der Waals surface area contributed by atoms with Gasteiger partial charge >= 0.3 is 0 Å². The Morgan fingerprint density at radius 3 is 2.56 bits per heavy atom. The van der Waals surface area contributed by atoms with Crippen molar-refractivity contribution in [2.75, 3.05) is 18.0 Å². The Hall–Kier alpha value is -4.03. The summed E-state index contributed by atoms with van der Waals surface area (Å²) >= 11 is 0. The number of halogens is 1. The quantitative estimate of drug-likeness (QED) is 0.507. The minimum absolute atomic E-state index is 0.0460. The average Bonchev–Trinajstić information content (AvgIpc) is 3.21. The lowest BCUT2D eigenvalue weighted by atomic mass is 10.0. The highest BCUT2D eigenvalue weighted by molar-refractivity contribution is 5.86. The van der Waals surface area contributed by atoms with Gasteiger partial charge in [0.25, 0.3) is 5.56 Å². The number of piperidine rings is 1. The number of nitriles is 1. The molecule has 2 aromatic heterocycles. The van der Waals surface area contributed by atoms with Gasteiger partial charge in [-0.15, -0.1) is 0 Å². The number of aromatic nitrogens is 4. The van der Waals surface area contributed by atoms with Crippen LogP contribution in [0.5, 0.6) is 0 Å². The Morgan fingerprint density at radius 1 is 1.12 bits per heavy atom. The first-order valence-electron chi connectivity index (χ1n) is 11.1. The van der Waals surface area contributed by atoms with Crippen LogP contribution in [0.2, 0.25) is 0 Å². The van der Waals surface area contributed by atoms with Crippen molar-refractivity contribution in [1.82, 2.24) is 19.1 Å². The molecule has 34 heavy (non-hydrogen) atoms. The van der Waals surface area contributed by atoms with Gasteiger partial charge in [-0.05, 0) is 37.1 Å². The van der Waals surface area contributed by atoms with Gasteiger partial charge in [0.2, 0.25) is 0 Å². The number of aryl methyl sites for hydroxylation is 1. The van der Waals surface area contributed by atoms with Crippen molar-refractivity contribution < 1.29 is 4.39 Å². The van der Waals surface area contributed by atoms with E-state index in [2.05, 4.69) is 4.98 Å². The maximum absolute atomic E-state index is 14.6. The summed E-state index contributed by atoms with van der Waals surface area (Å²) in [6.07, 6.45) is 3.26. The molecule has 2 aromatic carbocycles. The minimum Gasteiger partial charge on any atom is -0.352 e. The van der Waals surface area contributed by atoms with Gasteiger partial charge in [0.05, 0.1) is 34.3 Å². The van der Waals surface area contributed by atoms with Gasteiger partial charge in [0.1, 0.15) is 11.9 Å². The molecule has 0 atom stereocenters. The fraction of sp³-hybridized carbons (Fsp3) is 0.280. The molecular formula is C25H24FN7O. The number of rotatable bonds is 3. The van der Waals surface area contributed by atoms with Crippen LogP contribution in [0.4, 0.5) is 10.2 Å². The van der Waals surface area contributed by atoms with Gasteiger partial charge in [-0.1, -0.05) is 12.1 Å². The van der Waals surface area contributed by atoms with E-state index < -0.39 is 5.82 Å². The molecule has 8 nitrogen and oxygen atoms in total. The fourth-order valence-corrected chi connectivity index (χ4v) is 4.50. The molecule has 9 heteroatoms. The maximum Gasteiger partial charge on any atom is 0.293 e. The van der Waals surface area contributed by atoms with Crippen LogP contribution in [-0.2, 0) is 14.1 Å². The third-order valence-electron chi connectivity index (χ3n) is 6.47. The van der Waals surface area contributed by atoms with Crippen molar-refractivity contribution in [2.24, 2.45) is 19.8 Å². The molecule has 0 aliphatic carbocycles. The van der Waals surface area contributed by atoms with Crippen molar-refractivity contribution in [3.63, 3.8) is 0 Å². The number of imidazole rings is 1. The molecule has 0 bridgehead atoms. The molecule has 1 aliphatic rings. The summed E-state index contributed by atoms with van der Waals surface area (Å²) in [6, 6.07) is 12.1. The Morgan fingerprint density at radius 2 is 1.85 bits per heavy atom. The van der Waals surface area contributed by atoms with Crippen LogP contribution in [0.1, 0.15) is 18.4 Å². The highest BCUT2D eigenvalue weighted by atomic mass is 19.1. The second kappa shape index (κ2) is 8.39. The zero-order valence-electron chi connectivity index (χ0n) is 19.0. The lowest BCUT2D eigenvalue weighted by Crippen LogP contribution is -2.43. The number of benzene rings is 2. The van der Waals surface area contributed by atoms with E-state index in [-0.39, 0.29) is 17.2 Å². The molecule has 5 rings (SSSR count). The second-order valence-electron chi connectivity index (χ2n) is 8.69. The largest absolute Gasteiger partial charge is 0.352 e. The summed E-state index contributed by atoms with van der Waals surface area (Å²) in [6.45, 7) is 1.26. The van der Waals surface area contributed by atoms with Gasteiger partial charge in [-0.25, -0.2) is 14.4 Å². The third kappa shape index (κ3) is 3.62. The molecule has 0 amide bonds. The van der Waals surface area contributed by atoms with E-state index in [1.165, 1.54) is 12.1 Å². The first-order chi connectivity index (χ1) is 16.4. The standard InChI is InChI=1S/C25H24FN7O/c1-31-14-29-20-12-16(5-6-21(20)31)23-22(15-3-4-17(13-27)19(26)11-15)30-24(25(34)32(23)2)33-9-7-18(28)8-10-33/h3-6,11-12,14,18H,7-10,28H2,1-2H3. The van der Waals surface area contributed by atoms with Gasteiger partial charge < -0.3 is 19.8 Å². The molecule has 0 spiro atoms. The molecule has 4 aromatic rings.